The van der Waals surface area contributed by atoms with E-state index >= 15 is 0 Å². The summed E-state index contributed by atoms with van der Waals surface area (Å²) in [7, 11) is 0. The maximum atomic E-state index is 13.1. The maximum absolute atomic E-state index is 13.1. The number of carbonyl (C=O) groups is 2. The van der Waals surface area contributed by atoms with Crippen molar-refractivity contribution in [2.24, 2.45) is 0 Å². The fourth-order valence-electron chi connectivity index (χ4n) is 2.89. The third kappa shape index (κ3) is 4.04. The standard InChI is InChI=1S/C22H20N2O3/c1-16(25)23-19-13-8-14-20(15-19)24-21(26)22(27,17-9-4-2-5-10-17)18-11-6-3-7-12-18/h2-15,27H,1H3,(H,23,25)(H,24,26). The van der Waals surface area contributed by atoms with Crippen molar-refractivity contribution in [1.29, 1.82) is 0 Å². The Balaban J connectivity index is 1.97. The summed E-state index contributed by atoms with van der Waals surface area (Å²) in [6.45, 7) is 1.41. The highest BCUT2D eigenvalue weighted by molar-refractivity contribution is 6.01. The van der Waals surface area contributed by atoms with Crippen molar-refractivity contribution in [3.05, 3.63) is 96.1 Å². The fraction of sp³-hybridized carbons (Fsp3) is 0.0909. The molecule has 0 radical (unpaired) electrons. The highest BCUT2D eigenvalue weighted by Crippen LogP contribution is 2.31. The molecule has 3 aromatic carbocycles. The van der Waals surface area contributed by atoms with Crippen LogP contribution in [0.2, 0.25) is 0 Å². The second-order valence-electron chi connectivity index (χ2n) is 6.16. The molecule has 0 aromatic heterocycles. The Kier molecular flexibility index (Phi) is 5.33. The molecule has 0 aliphatic rings. The lowest BCUT2D eigenvalue weighted by molar-refractivity contribution is -0.131. The van der Waals surface area contributed by atoms with Gasteiger partial charge in [-0.2, -0.15) is 0 Å². The zero-order valence-electron chi connectivity index (χ0n) is 14.8. The van der Waals surface area contributed by atoms with E-state index in [-0.39, 0.29) is 5.91 Å². The van der Waals surface area contributed by atoms with E-state index in [9.17, 15) is 14.7 Å². The minimum atomic E-state index is -1.85. The first kappa shape index (κ1) is 18.4. The van der Waals surface area contributed by atoms with Gasteiger partial charge in [-0.15, -0.1) is 0 Å². The molecule has 0 spiro atoms. The van der Waals surface area contributed by atoms with Gasteiger partial charge in [0, 0.05) is 18.3 Å². The summed E-state index contributed by atoms with van der Waals surface area (Å²) in [6.07, 6.45) is 0. The van der Waals surface area contributed by atoms with Gasteiger partial charge in [-0.1, -0.05) is 66.7 Å². The number of rotatable bonds is 5. The van der Waals surface area contributed by atoms with E-state index in [4.69, 9.17) is 0 Å². The second-order valence-corrected chi connectivity index (χ2v) is 6.16. The van der Waals surface area contributed by atoms with Crippen molar-refractivity contribution < 1.29 is 14.7 Å². The van der Waals surface area contributed by atoms with Crippen LogP contribution in [0.4, 0.5) is 11.4 Å². The van der Waals surface area contributed by atoms with Gasteiger partial charge in [0.25, 0.3) is 5.91 Å². The molecule has 3 N–H and O–H groups in total. The van der Waals surface area contributed by atoms with Crippen molar-refractivity contribution >= 4 is 23.2 Å². The Bertz CT molecular complexity index is 901. The first-order valence-corrected chi connectivity index (χ1v) is 8.52. The number of hydrogen-bond acceptors (Lipinski definition) is 3. The largest absolute Gasteiger partial charge is 0.372 e. The molecular formula is C22H20N2O3. The lowest BCUT2D eigenvalue weighted by Crippen LogP contribution is -2.41. The topological polar surface area (TPSA) is 78.4 Å². The summed E-state index contributed by atoms with van der Waals surface area (Å²) in [4.78, 5) is 24.4. The SMILES string of the molecule is CC(=O)Nc1cccc(NC(=O)C(O)(c2ccccc2)c2ccccc2)c1. The predicted octanol–water partition coefficient (Wildman–Crippen LogP) is 3.52. The minimum absolute atomic E-state index is 0.205. The van der Waals surface area contributed by atoms with Gasteiger partial charge in [-0.3, -0.25) is 9.59 Å². The van der Waals surface area contributed by atoms with E-state index in [1.54, 1.807) is 72.8 Å². The lowest BCUT2D eigenvalue weighted by Gasteiger charge is -2.28. The van der Waals surface area contributed by atoms with Gasteiger partial charge in [-0.05, 0) is 29.3 Å². The van der Waals surface area contributed by atoms with Crippen LogP contribution < -0.4 is 10.6 Å². The van der Waals surface area contributed by atoms with Gasteiger partial charge < -0.3 is 15.7 Å². The first-order valence-electron chi connectivity index (χ1n) is 8.52. The predicted molar refractivity (Wildman–Crippen MR) is 105 cm³/mol. The molecule has 27 heavy (non-hydrogen) atoms. The molecule has 0 atom stereocenters. The second kappa shape index (κ2) is 7.85. The lowest BCUT2D eigenvalue weighted by atomic mass is 9.85. The number of aliphatic hydroxyl groups is 1. The summed E-state index contributed by atoms with van der Waals surface area (Å²) >= 11 is 0. The van der Waals surface area contributed by atoms with Crippen LogP contribution in [0.3, 0.4) is 0 Å². The molecule has 0 saturated carbocycles. The molecule has 3 aromatic rings. The van der Waals surface area contributed by atoms with Crippen molar-refractivity contribution in [2.75, 3.05) is 10.6 Å². The van der Waals surface area contributed by atoms with E-state index in [0.717, 1.165) is 0 Å². The Morgan fingerprint density at radius 2 is 1.22 bits per heavy atom. The molecule has 0 aliphatic carbocycles. The summed E-state index contributed by atoms with van der Waals surface area (Å²) in [6, 6.07) is 24.3. The molecule has 3 rings (SSSR count). The highest BCUT2D eigenvalue weighted by Gasteiger charge is 2.39. The summed E-state index contributed by atoms with van der Waals surface area (Å²) in [5.41, 5.74) is 0.102. The molecule has 5 heteroatoms. The van der Waals surface area contributed by atoms with Crippen molar-refractivity contribution in [2.45, 2.75) is 12.5 Å². The number of anilines is 2. The van der Waals surface area contributed by atoms with Crippen LogP contribution in [0.25, 0.3) is 0 Å². The molecule has 136 valence electrons. The summed E-state index contributed by atoms with van der Waals surface area (Å²) in [5, 5.41) is 16.8. The normalized spacial score (nSPS) is 10.9. The van der Waals surface area contributed by atoms with Crippen LogP contribution in [-0.2, 0) is 15.2 Å². The minimum Gasteiger partial charge on any atom is -0.372 e. The fourth-order valence-corrected chi connectivity index (χ4v) is 2.89. The van der Waals surface area contributed by atoms with E-state index < -0.39 is 11.5 Å². The molecule has 0 aliphatic heterocycles. The Hall–Kier alpha value is -3.44. The molecule has 0 bridgehead atoms. The van der Waals surface area contributed by atoms with Gasteiger partial charge >= 0.3 is 0 Å². The quantitative estimate of drug-likeness (QED) is 0.651. The van der Waals surface area contributed by atoms with Gasteiger partial charge in [-0.25, -0.2) is 0 Å². The first-order chi connectivity index (χ1) is 13.0. The van der Waals surface area contributed by atoms with Crippen LogP contribution in [0.1, 0.15) is 18.1 Å². The molecule has 0 saturated heterocycles. The van der Waals surface area contributed by atoms with E-state index in [0.29, 0.717) is 22.5 Å². The zero-order valence-corrected chi connectivity index (χ0v) is 14.8. The van der Waals surface area contributed by atoms with E-state index in [1.165, 1.54) is 6.92 Å². The van der Waals surface area contributed by atoms with E-state index in [2.05, 4.69) is 10.6 Å². The van der Waals surface area contributed by atoms with Crippen LogP contribution >= 0.6 is 0 Å². The molecule has 0 unspecified atom stereocenters. The van der Waals surface area contributed by atoms with Gasteiger partial charge in [0.2, 0.25) is 5.91 Å². The number of carbonyl (C=O) groups excluding carboxylic acids is 2. The number of hydrogen-bond donors (Lipinski definition) is 3. The van der Waals surface area contributed by atoms with Gasteiger partial charge in [0.1, 0.15) is 0 Å². The monoisotopic (exact) mass is 360 g/mol. The van der Waals surface area contributed by atoms with E-state index in [1.807, 2.05) is 12.1 Å². The van der Waals surface area contributed by atoms with Crippen LogP contribution in [0, 0.1) is 0 Å². The van der Waals surface area contributed by atoms with Gasteiger partial charge in [0.15, 0.2) is 5.60 Å². The summed E-state index contributed by atoms with van der Waals surface area (Å²) in [5.74, 6) is -0.788. The van der Waals surface area contributed by atoms with Crippen molar-refractivity contribution in [3.63, 3.8) is 0 Å². The Morgan fingerprint density at radius 1 is 0.741 bits per heavy atom. The highest BCUT2D eigenvalue weighted by atomic mass is 16.3. The smallest absolute Gasteiger partial charge is 0.265 e. The Morgan fingerprint density at radius 3 is 1.70 bits per heavy atom. The van der Waals surface area contributed by atoms with Crippen molar-refractivity contribution in [1.82, 2.24) is 0 Å². The van der Waals surface area contributed by atoms with Gasteiger partial charge in [0.05, 0.1) is 0 Å². The average Bonchev–Trinajstić information content (AvgIpc) is 2.68. The molecule has 0 fully saturated rings. The zero-order chi connectivity index (χ0) is 19.3. The maximum Gasteiger partial charge on any atom is 0.265 e. The summed E-state index contributed by atoms with van der Waals surface area (Å²) < 4.78 is 0. The van der Waals surface area contributed by atoms with Crippen LogP contribution in [0.5, 0.6) is 0 Å². The van der Waals surface area contributed by atoms with Crippen molar-refractivity contribution in [3.8, 4) is 0 Å². The average molecular weight is 360 g/mol. The number of amides is 2. The third-order valence-corrected chi connectivity index (χ3v) is 4.15. The number of benzene rings is 3. The molecule has 5 nitrogen and oxygen atoms in total. The van der Waals surface area contributed by atoms with Crippen LogP contribution in [-0.4, -0.2) is 16.9 Å². The Labute approximate surface area is 157 Å². The molecular weight excluding hydrogens is 340 g/mol. The number of nitrogens with one attached hydrogen (secondary N) is 2. The van der Waals surface area contributed by atoms with Crippen LogP contribution in [0.15, 0.2) is 84.9 Å². The molecule has 2 amide bonds. The molecule has 0 heterocycles. The third-order valence-electron chi connectivity index (χ3n) is 4.15.